The van der Waals surface area contributed by atoms with Gasteiger partial charge in [0.25, 0.3) is 0 Å². The van der Waals surface area contributed by atoms with Gasteiger partial charge in [0, 0.05) is 25.8 Å². The Morgan fingerprint density at radius 2 is 1.86 bits per heavy atom. The summed E-state index contributed by atoms with van der Waals surface area (Å²) in [4.78, 5) is 16.0. The second kappa shape index (κ2) is 7.35. The summed E-state index contributed by atoms with van der Waals surface area (Å²) in [7, 11) is 6.06. The van der Waals surface area contributed by atoms with Crippen LogP contribution >= 0.6 is 0 Å². The van der Waals surface area contributed by atoms with Gasteiger partial charge in [-0.1, -0.05) is 0 Å². The van der Waals surface area contributed by atoms with Gasteiger partial charge in [-0.2, -0.15) is 0 Å². The fraction of sp³-hybridized carbons (Fsp3) is 0.562. The molecule has 0 saturated carbocycles. The number of carbonyl (C=O) groups excluding carboxylic acids is 1. The fourth-order valence-corrected chi connectivity index (χ4v) is 1.87. The summed E-state index contributed by atoms with van der Waals surface area (Å²) in [6.45, 7) is 7.28. The van der Waals surface area contributed by atoms with Gasteiger partial charge in [0.05, 0.1) is 11.4 Å². The molecule has 0 aliphatic carbocycles. The molecule has 1 amide bonds. The molecule has 22 heavy (non-hydrogen) atoms. The predicted octanol–water partition coefficient (Wildman–Crippen LogP) is 2.61. The van der Waals surface area contributed by atoms with Gasteiger partial charge in [-0.25, -0.2) is 4.79 Å². The molecule has 1 aromatic carbocycles. The van der Waals surface area contributed by atoms with Crippen LogP contribution in [0.5, 0.6) is 0 Å². The van der Waals surface area contributed by atoms with Gasteiger partial charge in [0.1, 0.15) is 5.60 Å². The lowest BCUT2D eigenvalue weighted by atomic mass is 10.2. The maximum absolute atomic E-state index is 11.7. The van der Waals surface area contributed by atoms with Gasteiger partial charge in [-0.15, -0.1) is 0 Å². The topological polar surface area (TPSA) is 70.8 Å². The van der Waals surface area contributed by atoms with Gasteiger partial charge >= 0.3 is 6.09 Å². The summed E-state index contributed by atoms with van der Waals surface area (Å²) in [5.41, 5.74) is 7.74. The average Bonchev–Trinajstić information content (AvgIpc) is 2.33. The molecule has 0 bridgehead atoms. The number of hydrogen-bond acceptors (Lipinski definition) is 5. The summed E-state index contributed by atoms with van der Waals surface area (Å²) >= 11 is 0. The first-order chi connectivity index (χ1) is 10.1. The van der Waals surface area contributed by atoms with E-state index in [1.165, 1.54) is 0 Å². The van der Waals surface area contributed by atoms with E-state index >= 15 is 0 Å². The molecule has 0 aliphatic rings. The van der Waals surface area contributed by atoms with Crippen LogP contribution in [0.15, 0.2) is 18.2 Å². The lowest BCUT2D eigenvalue weighted by Gasteiger charge is -2.24. The molecule has 1 aromatic rings. The van der Waals surface area contributed by atoms with Crippen LogP contribution in [0.3, 0.4) is 0 Å². The van der Waals surface area contributed by atoms with Crippen LogP contribution < -0.4 is 16.0 Å². The van der Waals surface area contributed by atoms with Crippen LogP contribution in [0.1, 0.15) is 20.8 Å². The van der Waals surface area contributed by atoms with E-state index in [1.807, 2.05) is 54.0 Å². The largest absolute Gasteiger partial charge is 0.444 e. The van der Waals surface area contributed by atoms with Crippen molar-refractivity contribution in [2.75, 3.05) is 50.2 Å². The van der Waals surface area contributed by atoms with Gasteiger partial charge in [0.2, 0.25) is 0 Å². The number of nitrogens with two attached hydrogens (primary N) is 1. The van der Waals surface area contributed by atoms with Crippen LogP contribution in [0.2, 0.25) is 0 Å². The minimum Gasteiger partial charge on any atom is -0.444 e. The van der Waals surface area contributed by atoms with E-state index in [1.54, 1.807) is 6.07 Å². The predicted molar refractivity (Wildman–Crippen MR) is 92.5 cm³/mol. The lowest BCUT2D eigenvalue weighted by molar-refractivity contribution is 0.0636. The highest BCUT2D eigenvalue weighted by Crippen LogP contribution is 2.26. The van der Waals surface area contributed by atoms with E-state index in [2.05, 4.69) is 15.1 Å². The number of likely N-dealkylation sites (N-methyl/N-ethyl adjacent to an activating group) is 2. The first-order valence-corrected chi connectivity index (χ1v) is 7.34. The van der Waals surface area contributed by atoms with Crippen LogP contribution in [0, 0.1) is 0 Å². The second-order valence-electron chi connectivity index (χ2n) is 6.63. The molecule has 3 N–H and O–H groups in total. The van der Waals surface area contributed by atoms with E-state index < -0.39 is 11.7 Å². The standard InChI is InChI=1S/C16H28N4O2/c1-16(2,3)22-15(21)18-12-7-8-14(13(17)11-12)20(6)10-9-19(4)5/h7-8,11H,9-10,17H2,1-6H3,(H,18,21). The molecule has 0 radical (unpaired) electrons. The van der Waals surface area contributed by atoms with Gasteiger partial charge in [-0.3, -0.25) is 5.32 Å². The smallest absolute Gasteiger partial charge is 0.412 e. The summed E-state index contributed by atoms with van der Waals surface area (Å²) in [5, 5.41) is 2.69. The normalized spacial score (nSPS) is 11.4. The Bertz CT molecular complexity index is 509. The molecule has 1 rings (SSSR count). The van der Waals surface area contributed by atoms with Crippen molar-refractivity contribution in [2.45, 2.75) is 26.4 Å². The van der Waals surface area contributed by atoms with E-state index in [4.69, 9.17) is 10.5 Å². The fourth-order valence-electron chi connectivity index (χ4n) is 1.87. The maximum Gasteiger partial charge on any atom is 0.412 e. The highest BCUT2D eigenvalue weighted by Gasteiger charge is 2.16. The van der Waals surface area contributed by atoms with Crippen LogP contribution in [-0.2, 0) is 4.74 Å². The van der Waals surface area contributed by atoms with Crippen molar-refractivity contribution in [3.05, 3.63) is 18.2 Å². The molecule has 124 valence electrons. The Labute approximate surface area is 133 Å². The first kappa shape index (κ1) is 18.1. The highest BCUT2D eigenvalue weighted by molar-refractivity contribution is 5.87. The number of carbonyl (C=O) groups is 1. The first-order valence-electron chi connectivity index (χ1n) is 7.34. The van der Waals surface area contributed by atoms with Gasteiger partial charge in [-0.05, 0) is 53.1 Å². The molecule has 0 spiro atoms. The zero-order valence-electron chi connectivity index (χ0n) is 14.4. The van der Waals surface area contributed by atoms with E-state index in [9.17, 15) is 4.79 Å². The average molecular weight is 308 g/mol. The molecule has 0 aromatic heterocycles. The van der Waals surface area contributed by atoms with Crippen molar-refractivity contribution in [3.63, 3.8) is 0 Å². The monoisotopic (exact) mass is 308 g/mol. The molecular weight excluding hydrogens is 280 g/mol. The third kappa shape index (κ3) is 6.22. The van der Waals surface area contributed by atoms with Crippen LogP contribution in [0.25, 0.3) is 0 Å². The lowest BCUT2D eigenvalue weighted by Crippen LogP contribution is -2.29. The van der Waals surface area contributed by atoms with Crippen LogP contribution in [-0.4, -0.2) is 50.8 Å². The Morgan fingerprint density at radius 1 is 1.23 bits per heavy atom. The summed E-state index contributed by atoms with van der Waals surface area (Å²) < 4.78 is 5.22. The summed E-state index contributed by atoms with van der Waals surface area (Å²) in [6.07, 6.45) is -0.486. The Kier molecular flexibility index (Phi) is 6.05. The number of nitrogens with one attached hydrogen (secondary N) is 1. The summed E-state index contributed by atoms with van der Waals surface area (Å²) in [5.74, 6) is 0. The van der Waals surface area contributed by atoms with Crippen molar-refractivity contribution in [3.8, 4) is 0 Å². The van der Waals surface area contributed by atoms with Crippen molar-refractivity contribution in [1.29, 1.82) is 0 Å². The SMILES string of the molecule is CN(C)CCN(C)c1ccc(NC(=O)OC(C)(C)C)cc1N. The van der Waals surface area contributed by atoms with Gasteiger partial charge < -0.3 is 20.3 Å². The quantitative estimate of drug-likeness (QED) is 0.818. The van der Waals surface area contributed by atoms with Crippen molar-refractivity contribution in [2.24, 2.45) is 0 Å². The third-order valence-corrected chi connectivity index (χ3v) is 2.97. The van der Waals surface area contributed by atoms with Crippen molar-refractivity contribution >= 4 is 23.2 Å². The van der Waals surface area contributed by atoms with E-state index in [-0.39, 0.29) is 0 Å². The van der Waals surface area contributed by atoms with Crippen molar-refractivity contribution in [1.82, 2.24) is 4.90 Å². The Morgan fingerprint density at radius 3 is 2.36 bits per heavy atom. The Balaban J connectivity index is 2.71. The number of anilines is 3. The maximum atomic E-state index is 11.7. The zero-order chi connectivity index (χ0) is 16.9. The molecule has 6 heteroatoms. The molecule has 0 unspecified atom stereocenters. The summed E-state index contributed by atoms with van der Waals surface area (Å²) in [6, 6.07) is 5.46. The molecule has 6 nitrogen and oxygen atoms in total. The molecule has 0 saturated heterocycles. The molecule has 0 atom stereocenters. The minimum atomic E-state index is -0.526. The number of amides is 1. The molecule has 0 aliphatic heterocycles. The second-order valence-corrected chi connectivity index (χ2v) is 6.63. The van der Waals surface area contributed by atoms with E-state index in [0.29, 0.717) is 11.4 Å². The number of hydrogen-bond donors (Lipinski definition) is 2. The number of benzene rings is 1. The zero-order valence-corrected chi connectivity index (χ0v) is 14.4. The molecule has 0 heterocycles. The van der Waals surface area contributed by atoms with E-state index in [0.717, 1.165) is 18.8 Å². The highest BCUT2D eigenvalue weighted by atomic mass is 16.6. The number of nitrogen functional groups attached to an aromatic ring is 1. The minimum absolute atomic E-state index is 0.486. The Hall–Kier alpha value is -1.95. The number of rotatable bonds is 5. The van der Waals surface area contributed by atoms with Crippen molar-refractivity contribution < 1.29 is 9.53 Å². The third-order valence-electron chi connectivity index (χ3n) is 2.97. The van der Waals surface area contributed by atoms with Gasteiger partial charge in [0.15, 0.2) is 0 Å². The number of ether oxygens (including phenoxy) is 1. The number of nitrogens with zero attached hydrogens (tertiary/aromatic N) is 2. The molecule has 0 fully saturated rings. The molecular formula is C16H28N4O2. The van der Waals surface area contributed by atoms with Crippen LogP contribution in [0.4, 0.5) is 21.9 Å².